The van der Waals surface area contributed by atoms with Crippen molar-refractivity contribution in [2.24, 2.45) is 11.8 Å². The molecule has 1 saturated carbocycles. The number of likely N-dealkylation sites (N-methyl/N-ethyl adjacent to an activating group) is 1. The molecule has 3 rings (SSSR count). The minimum atomic E-state index is -0.533. The third-order valence-electron chi connectivity index (χ3n) is 7.42. The van der Waals surface area contributed by atoms with Gasteiger partial charge in [0.25, 0.3) is 0 Å². The van der Waals surface area contributed by atoms with Crippen LogP contribution in [0.2, 0.25) is 5.02 Å². The minimum Gasteiger partial charge on any atom is -0.453 e. The SMILES string of the molecule is CNC[C@H](CC1CCCCC1)NC(=O)N1CCC[C@@H]([C@@H](OCCNC(=O)OC)c2ccc(F)c(Cl)c2)C1. The van der Waals surface area contributed by atoms with Crippen LogP contribution in [0.5, 0.6) is 0 Å². The van der Waals surface area contributed by atoms with E-state index in [-0.39, 0.29) is 36.2 Å². The number of nitrogens with zero attached hydrogens (tertiary/aromatic N) is 1. The van der Waals surface area contributed by atoms with Crippen molar-refractivity contribution in [1.82, 2.24) is 20.9 Å². The van der Waals surface area contributed by atoms with Crippen LogP contribution in [0.4, 0.5) is 14.0 Å². The van der Waals surface area contributed by atoms with E-state index in [1.54, 1.807) is 12.1 Å². The fourth-order valence-electron chi connectivity index (χ4n) is 5.58. The molecule has 0 unspecified atom stereocenters. The zero-order chi connectivity index (χ0) is 26.6. The normalized spacial score (nSPS) is 20.2. The van der Waals surface area contributed by atoms with Crippen molar-refractivity contribution in [3.63, 3.8) is 0 Å². The molecular weight excluding hydrogens is 499 g/mol. The van der Waals surface area contributed by atoms with Gasteiger partial charge in [0.2, 0.25) is 0 Å². The number of alkyl carbamates (subject to hydrolysis) is 1. The smallest absolute Gasteiger partial charge is 0.406 e. The van der Waals surface area contributed by atoms with E-state index in [0.29, 0.717) is 19.0 Å². The number of hydrogen-bond acceptors (Lipinski definition) is 5. The number of halogens is 2. The molecule has 3 N–H and O–H groups in total. The molecule has 0 radical (unpaired) electrons. The van der Waals surface area contributed by atoms with E-state index in [9.17, 15) is 14.0 Å². The van der Waals surface area contributed by atoms with Gasteiger partial charge in [-0.15, -0.1) is 0 Å². The van der Waals surface area contributed by atoms with Gasteiger partial charge in [-0.2, -0.15) is 0 Å². The molecule has 10 heteroatoms. The number of piperidine rings is 1. The van der Waals surface area contributed by atoms with Crippen molar-refractivity contribution in [3.05, 3.63) is 34.6 Å². The molecule has 37 heavy (non-hydrogen) atoms. The lowest BCUT2D eigenvalue weighted by molar-refractivity contribution is -0.00868. The van der Waals surface area contributed by atoms with Gasteiger partial charge in [-0.3, -0.25) is 0 Å². The van der Waals surface area contributed by atoms with Gasteiger partial charge >= 0.3 is 12.1 Å². The standard InChI is InChI=1S/C27H42ClFN4O4/c1-30-17-22(15-19-7-4-3-5-8-19)32-26(34)33-13-6-9-21(18-33)25(37-14-12-31-27(35)36-2)20-10-11-24(29)23(28)16-20/h10-11,16,19,21-22,25,30H,3-9,12-15,17-18H2,1-2H3,(H,31,35)(H,32,34)/t21-,22+,25+/m1/s1. The monoisotopic (exact) mass is 540 g/mol. The van der Waals surface area contributed by atoms with Crippen molar-refractivity contribution in [2.75, 3.05) is 46.9 Å². The van der Waals surface area contributed by atoms with Crippen LogP contribution < -0.4 is 16.0 Å². The first-order chi connectivity index (χ1) is 17.9. The molecule has 1 heterocycles. The summed E-state index contributed by atoms with van der Waals surface area (Å²) in [6.45, 7) is 2.45. The number of nitrogens with one attached hydrogen (secondary N) is 3. The maximum atomic E-state index is 13.9. The maximum Gasteiger partial charge on any atom is 0.406 e. The quantitative estimate of drug-likeness (QED) is 0.348. The van der Waals surface area contributed by atoms with Crippen LogP contribution >= 0.6 is 11.6 Å². The van der Waals surface area contributed by atoms with Gasteiger partial charge in [0.05, 0.1) is 24.8 Å². The molecule has 0 bridgehead atoms. The summed E-state index contributed by atoms with van der Waals surface area (Å²) in [5.74, 6) is 0.177. The van der Waals surface area contributed by atoms with E-state index >= 15 is 0 Å². The van der Waals surface area contributed by atoms with Gasteiger partial charge in [0.15, 0.2) is 0 Å². The Morgan fingerprint density at radius 2 is 1.97 bits per heavy atom. The van der Waals surface area contributed by atoms with Crippen LogP contribution in [0, 0.1) is 17.7 Å². The predicted octanol–water partition coefficient (Wildman–Crippen LogP) is 4.87. The van der Waals surface area contributed by atoms with Crippen molar-refractivity contribution in [3.8, 4) is 0 Å². The second-order valence-corrected chi connectivity index (χ2v) is 10.6. The molecule has 1 aromatic rings. The summed E-state index contributed by atoms with van der Waals surface area (Å²) in [5.41, 5.74) is 0.752. The zero-order valence-electron chi connectivity index (χ0n) is 22.1. The van der Waals surface area contributed by atoms with Crippen molar-refractivity contribution in [2.45, 2.75) is 63.5 Å². The lowest BCUT2D eigenvalue weighted by Crippen LogP contribution is -2.52. The van der Waals surface area contributed by atoms with Crippen LogP contribution in [0.1, 0.15) is 63.0 Å². The maximum absolute atomic E-state index is 13.9. The van der Waals surface area contributed by atoms with Gasteiger partial charge in [0.1, 0.15) is 5.82 Å². The molecule has 1 aromatic carbocycles. The van der Waals surface area contributed by atoms with Crippen molar-refractivity contribution in [1.29, 1.82) is 0 Å². The molecule has 1 saturated heterocycles. The van der Waals surface area contributed by atoms with Crippen molar-refractivity contribution >= 4 is 23.7 Å². The Bertz CT molecular complexity index is 871. The summed E-state index contributed by atoms with van der Waals surface area (Å²) in [4.78, 5) is 26.6. The summed E-state index contributed by atoms with van der Waals surface area (Å²) in [6, 6.07) is 4.63. The van der Waals surface area contributed by atoms with Gasteiger partial charge in [-0.05, 0) is 49.9 Å². The highest BCUT2D eigenvalue weighted by molar-refractivity contribution is 6.30. The highest BCUT2D eigenvalue weighted by Gasteiger charge is 2.32. The van der Waals surface area contributed by atoms with Crippen molar-refractivity contribution < 1.29 is 23.5 Å². The Labute approximate surface area is 225 Å². The number of ether oxygens (including phenoxy) is 2. The predicted molar refractivity (Wildman–Crippen MR) is 142 cm³/mol. The largest absolute Gasteiger partial charge is 0.453 e. The molecular formula is C27H42ClFN4O4. The van der Waals surface area contributed by atoms with E-state index in [1.165, 1.54) is 45.3 Å². The van der Waals surface area contributed by atoms with E-state index in [0.717, 1.165) is 31.4 Å². The summed E-state index contributed by atoms with van der Waals surface area (Å²) in [5, 5.41) is 9.14. The molecule has 0 spiro atoms. The summed E-state index contributed by atoms with van der Waals surface area (Å²) in [6.07, 6.45) is 8.12. The molecule has 2 fully saturated rings. The number of carbonyl (C=O) groups excluding carboxylic acids is 2. The first-order valence-electron chi connectivity index (χ1n) is 13.5. The lowest BCUT2D eigenvalue weighted by atomic mass is 9.85. The average Bonchev–Trinajstić information content (AvgIpc) is 2.91. The lowest BCUT2D eigenvalue weighted by Gasteiger charge is -2.38. The molecule has 1 aliphatic carbocycles. The first-order valence-corrected chi connectivity index (χ1v) is 13.9. The highest BCUT2D eigenvalue weighted by atomic mass is 35.5. The number of benzene rings is 1. The third-order valence-corrected chi connectivity index (χ3v) is 7.71. The molecule has 208 valence electrons. The Kier molecular flexibility index (Phi) is 12.2. The van der Waals surface area contributed by atoms with E-state index < -0.39 is 18.0 Å². The second-order valence-electron chi connectivity index (χ2n) is 10.2. The summed E-state index contributed by atoms with van der Waals surface area (Å²) >= 11 is 6.08. The fraction of sp³-hybridized carbons (Fsp3) is 0.704. The van der Waals surface area contributed by atoms with Gasteiger partial charge in [-0.1, -0.05) is 49.8 Å². The number of rotatable bonds is 11. The van der Waals surface area contributed by atoms with Crippen LogP contribution in [0.15, 0.2) is 18.2 Å². The topological polar surface area (TPSA) is 91.9 Å². The van der Waals surface area contributed by atoms with Gasteiger partial charge < -0.3 is 30.3 Å². The molecule has 0 aromatic heterocycles. The Morgan fingerprint density at radius 1 is 1.19 bits per heavy atom. The number of carbonyl (C=O) groups is 2. The van der Waals surface area contributed by atoms with Crippen LogP contribution in [-0.4, -0.2) is 70.0 Å². The minimum absolute atomic E-state index is 0.000231. The average molecular weight is 541 g/mol. The van der Waals surface area contributed by atoms with E-state index in [4.69, 9.17) is 16.3 Å². The van der Waals surface area contributed by atoms with Crippen LogP contribution in [0.3, 0.4) is 0 Å². The fourth-order valence-corrected chi connectivity index (χ4v) is 5.77. The molecule has 8 nitrogen and oxygen atoms in total. The van der Waals surface area contributed by atoms with Gasteiger partial charge in [-0.25, -0.2) is 14.0 Å². The number of likely N-dealkylation sites (tertiary alicyclic amines) is 1. The first kappa shape index (κ1) is 29.5. The Hall–Kier alpha value is -2.10. The molecule has 3 atom stereocenters. The zero-order valence-corrected chi connectivity index (χ0v) is 22.8. The van der Waals surface area contributed by atoms with Crippen LogP contribution in [-0.2, 0) is 9.47 Å². The Morgan fingerprint density at radius 3 is 2.68 bits per heavy atom. The van der Waals surface area contributed by atoms with E-state index in [2.05, 4.69) is 20.7 Å². The van der Waals surface area contributed by atoms with Gasteiger partial charge in [0, 0.05) is 38.1 Å². The number of hydrogen-bond donors (Lipinski definition) is 3. The van der Waals surface area contributed by atoms with Crippen LogP contribution in [0.25, 0.3) is 0 Å². The Balaban J connectivity index is 1.64. The number of amides is 3. The molecule has 3 amide bonds. The second kappa shape index (κ2) is 15.3. The highest BCUT2D eigenvalue weighted by Crippen LogP contribution is 2.34. The van der Waals surface area contributed by atoms with E-state index in [1.807, 2.05) is 11.9 Å². The number of methoxy groups -OCH3 is 1. The molecule has 1 aliphatic heterocycles. The summed E-state index contributed by atoms with van der Waals surface area (Å²) in [7, 11) is 3.22. The summed E-state index contributed by atoms with van der Waals surface area (Å²) < 4.78 is 24.6. The third kappa shape index (κ3) is 9.30. The number of urea groups is 1. The molecule has 2 aliphatic rings.